The van der Waals surface area contributed by atoms with E-state index in [0.29, 0.717) is 22.9 Å². The first-order valence-electron chi connectivity index (χ1n) is 7.37. The topological polar surface area (TPSA) is 66.9 Å². The average molecular weight is 339 g/mol. The molecule has 0 atom stereocenters. The van der Waals surface area contributed by atoms with Crippen molar-refractivity contribution in [3.8, 4) is 0 Å². The van der Waals surface area contributed by atoms with Gasteiger partial charge in [-0.2, -0.15) is 0 Å². The van der Waals surface area contributed by atoms with Gasteiger partial charge in [-0.1, -0.05) is 29.8 Å². The van der Waals surface area contributed by atoms with Crippen molar-refractivity contribution < 1.29 is 4.79 Å². The summed E-state index contributed by atoms with van der Waals surface area (Å²) in [6.45, 7) is 0.615. The number of benzene rings is 1. The standard InChI is InChI=1S/C18H15ClN4O/c19-15-5-1-2-6-16(15)23-18(24)17-10-14(7-9-21-17)22-12-13-4-3-8-20-11-13/h1-11H,12H2,(H,21,22)(H,23,24). The summed E-state index contributed by atoms with van der Waals surface area (Å²) in [7, 11) is 0. The number of hydrogen-bond acceptors (Lipinski definition) is 4. The molecule has 120 valence electrons. The van der Waals surface area contributed by atoms with Crippen LogP contribution in [-0.2, 0) is 6.54 Å². The van der Waals surface area contributed by atoms with Gasteiger partial charge in [0.2, 0.25) is 0 Å². The van der Waals surface area contributed by atoms with Crippen LogP contribution in [0, 0.1) is 0 Å². The van der Waals surface area contributed by atoms with Gasteiger partial charge in [-0.25, -0.2) is 0 Å². The Morgan fingerprint density at radius 1 is 1.08 bits per heavy atom. The monoisotopic (exact) mass is 338 g/mol. The molecule has 1 amide bonds. The molecule has 0 saturated carbocycles. The molecular formula is C18H15ClN4O. The Morgan fingerprint density at radius 3 is 2.75 bits per heavy atom. The molecule has 0 bridgehead atoms. The van der Waals surface area contributed by atoms with Crippen LogP contribution < -0.4 is 10.6 Å². The predicted molar refractivity (Wildman–Crippen MR) is 95.2 cm³/mol. The molecule has 5 nitrogen and oxygen atoms in total. The number of halogens is 1. The summed E-state index contributed by atoms with van der Waals surface area (Å²) in [4.78, 5) is 20.5. The summed E-state index contributed by atoms with van der Waals surface area (Å²) in [5.41, 5.74) is 2.72. The van der Waals surface area contributed by atoms with Crippen LogP contribution in [0.25, 0.3) is 0 Å². The highest BCUT2D eigenvalue weighted by Gasteiger charge is 2.10. The van der Waals surface area contributed by atoms with Crippen molar-refractivity contribution in [3.63, 3.8) is 0 Å². The molecular weight excluding hydrogens is 324 g/mol. The summed E-state index contributed by atoms with van der Waals surface area (Å²) in [5.74, 6) is -0.312. The molecule has 0 aliphatic carbocycles. The van der Waals surface area contributed by atoms with Gasteiger partial charge in [0.25, 0.3) is 5.91 Å². The zero-order valence-electron chi connectivity index (χ0n) is 12.7. The second kappa shape index (κ2) is 7.57. The van der Waals surface area contributed by atoms with E-state index < -0.39 is 0 Å². The van der Waals surface area contributed by atoms with E-state index in [9.17, 15) is 4.79 Å². The molecule has 2 aromatic heterocycles. The van der Waals surface area contributed by atoms with Gasteiger partial charge in [0.05, 0.1) is 10.7 Å². The van der Waals surface area contributed by atoms with E-state index in [4.69, 9.17) is 11.6 Å². The normalized spacial score (nSPS) is 10.2. The highest BCUT2D eigenvalue weighted by molar-refractivity contribution is 6.33. The number of aromatic nitrogens is 2. The third-order valence-electron chi connectivity index (χ3n) is 3.33. The summed E-state index contributed by atoms with van der Waals surface area (Å²) in [6.07, 6.45) is 5.11. The first kappa shape index (κ1) is 16.0. The third-order valence-corrected chi connectivity index (χ3v) is 3.66. The van der Waals surface area contributed by atoms with Crippen molar-refractivity contribution >= 4 is 28.9 Å². The van der Waals surface area contributed by atoms with Gasteiger partial charge in [-0.3, -0.25) is 14.8 Å². The summed E-state index contributed by atoms with van der Waals surface area (Å²) >= 11 is 6.05. The number of nitrogens with zero attached hydrogens (tertiary/aromatic N) is 2. The Hall–Kier alpha value is -2.92. The molecule has 0 unspecified atom stereocenters. The Morgan fingerprint density at radius 2 is 1.96 bits per heavy atom. The summed E-state index contributed by atoms with van der Waals surface area (Å²) in [5, 5.41) is 6.48. The largest absolute Gasteiger partial charge is 0.381 e. The minimum absolute atomic E-state index is 0.311. The molecule has 0 fully saturated rings. The van der Waals surface area contributed by atoms with Crippen LogP contribution in [-0.4, -0.2) is 15.9 Å². The Labute approximate surface area is 144 Å². The van der Waals surface area contributed by atoms with E-state index >= 15 is 0 Å². The molecule has 24 heavy (non-hydrogen) atoms. The predicted octanol–water partition coefficient (Wildman–Crippen LogP) is 3.99. The lowest BCUT2D eigenvalue weighted by Crippen LogP contribution is -2.14. The van der Waals surface area contributed by atoms with Crippen LogP contribution in [0.3, 0.4) is 0 Å². The number of rotatable bonds is 5. The van der Waals surface area contributed by atoms with Gasteiger partial charge >= 0.3 is 0 Å². The molecule has 0 saturated heterocycles. The van der Waals surface area contributed by atoms with E-state index in [0.717, 1.165) is 11.3 Å². The number of anilines is 2. The fourth-order valence-electron chi connectivity index (χ4n) is 2.12. The lowest BCUT2D eigenvalue weighted by Gasteiger charge is -2.09. The Kier molecular flexibility index (Phi) is 5.03. The van der Waals surface area contributed by atoms with E-state index in [1.165, 1.54) is 0 Å². The fraction of sp³-hybridized carbons (Fsp3) is 0.0556. The van der Waals surface area contributed by atoms with Gasteiger partial charge < -0.3 is 10.6 Å². The molecule has 3 aromatic rings. The van der Waals surface area contributed by atoms with Crippen LogP contribution in [0.2, 0.25) is 5.02 Å². The molecule has 3 rings (SSSR count). The van der Waals surface area contributed by atoms with Crippen LogP contribution in [0.4, 0.5) is 11.4 Å². The lowest BCUT2D eigenvalue weighted by atomic mass is 10.2. The van der Waals surface area contributed by atoms with Crippen LogP contribution >= 0.6 is 11.6 Å². The quantitative estimate of drug-likeness (QED) is 0.738. The molecule has 6 heteroatoms. The number of carbonyl (C=O) groups is 1. The zero-order chi connectivity index (χ0) is 16.8. The van der Waals surface area contributed by atoms with Crippen molar-refractivity contribution in [2.45, 2.75) is 6.54 Å². The number of hydrogen-bond donors (Lipinski definition) is 2. The van der Waals surface area contributed by atoms with Gasteiger partial charge in [0, 0.05) is 30.8 Å². The highest BCUT2D eigenvalue weighted by Crippen LogP contribution is 2.21. The highest BCUT2D eigenvalue weighted by atomic mass is 35.5. The lowest BCUT2D eigenvalue weighted by molar-refractivity contribution is 0.102. The first-order valence-corrected chi connectivity index (χ1v) is 7.75. The maximum Gasteiger partial charge on any atom is 0.274 e. The van der Waals surface area contributed by atoms with E-state index in [1.54, 1.807) is 48.9 Å². The third kappa shape index (κ3) is 4.08. The van der Waals surface area contributed by atoms with Crippen molar-refractivity contribution in [3.05, 3.63) is 83.4 Å². The van der Waals surface area contributed by atoms with Crippen LogP contribution in [0.1, 0.15) is 16.1 Å². The van der Waals surface area contributed by atoms with Gasteiger partial charge in [0.15, 0.2) is 0 Å². The molecule has 0 spiro atoms. The number of nitrogens with one attached hydrogen (secondary N) is 2. The van der Waals surface area contributed by atoms with Crippen molar-refractivity contribution in [2.75, 3.05) is 10.6 Å². The van der Waals surface area contributed by atoms with Crippen LogP contribution in [0.5, 0.6) is 0 Å². The van der Waals surface area contributed by atoms with Crippen LogP contribution in [0.15, 0.2) is 67.1 Å². The van der Waals surface area contributed by atoms with E-state index in [2.05, 4.69) is 20.6 Å². The molecule has 2 N–H and O–H groups in total. The minimum Gasteiger partial charge on any atom is -0.381 e. The van der Waals surface area contributed by atoms with Crippen molar-refractivity contribution in [1.82, 2.24) is 9.97 Å². The first-order chi connectivity index (χ1) is 11.7. The zero-order valence-corrected chi connectivity index (χ0v) is 13.5. The minimum atomic E-state index is -0.312. The molecule has 0 aliphatic rings. The SMILES string of the molecule is O=C(Nc1ccccc1Cl)c1cc(NCc2cccnc2)ccn1. The second-order valence-electron chi connectivity index (χ2n) is 5.08. The second-order valence-corrected chi connectivity index (χ2v) is 5.49. The number of pyridine rings is 2. The van der Waals surface area contributed by atoms with Crippen molar-refractivity contribution in [2.24, 2.45) is 0 Å². The number of para-hydroxylation sites is 1. The van der Waals surface area contributed by atoms with Crippen molar-refractivity contribution in [1.29, 1.82) is 0 Å². The van der Waals surface area contributed by atoms with Gasteiger partial charge in [-0.15, -0.1) is 0 Å². The summed E-state index contributed by atoms with van der Waals surface area (Å²) < 4.78 is 0. The molecule has 2 heterocycles. The maximum absolute atomic E-state index is 12.3. The maximum atomic E-state index is 12.3. The molecule has 0 radical (unpaired) electrons. The van der Waals surface area contributed by atoms with E-state index in [1.807, 2.05) is 18.2 Å². The smallest absolute Gasteiger partial charge is 0.274 e. The Balaban J connectivity index is 1.68. The summed E-state index contributed by atoms with van der Waals surface area (Å²) in [6, 6.07) is 14.4. The number of amides is 1. The van der Waals surface area contributed by atoms with E-state index in [-0.39, 0.29) is 5.91 Å². The van der Waals surface area contributed by atoms with Gasteiger partial charge in [-0.05, 0) is 35.9 Å². The number of carbonyl (C=O) groups excluding carboxylic acids is 1. The Bertz CT molecular complexity index is 839. The fourth-order valence-corrected chi connectivity index (χ4v) is 2.30. The molecule has 1 aromatic carbocycles. The average Bonchev–Trinajstić information content (AvgIpc) is 2.63. The van der Waals surface area contributed by atoms with Gasteiger partial charge in [0.1, 0.15) is 5.69 Å². The molecule has 0 aliphatic heterocycles.